The van der Waals surface area contributed by atoms with E-state index in [1.807, 2.05) is 0 Å². The summed E-state index contributed by atoms with van der Waals surface area (Å²) in [5.74, 6) is 1.25. The summed E-state index contributed by atoms with van der Waals surface area (Å²) in [5, 5.41) is 7.86. The summed E-state index contributed by atoms with van der Waals surface area (Å²) in [4.78, 5) is 0. The molecule has 0 atom stereocenters. The van der Waals surface area contributed by atoms with Crippen molar-refractivity contribution in [2.75, 3.05) is 0 Å². The number of rotatable bonds is 1. The van der Waals surface area contributed by atoms with Crippen LogP contribution in [-0.4, -0.2) is 5.11 Å². The first-order valence-electron chi connectivity index (χ1n) is 5.01. The minimum atomic E-state index is 0.167. The molecule has 0 spiro atoms. The summed E-state index contributed by atoms with van der Waals surface area (Å²) < 4.78 is 0. The van der Waals surface area contributed by atoms with Gasteiger partial charge in [0.15, 0.2) is 0 Å². The molecule has 0 radical (unpaired) electrons. The first-order chi connectivity index (χ1) is 5.66. The largest absolute Gasteiger partial charge is 0.513 e. The lowest BCUT2D eigenvalue weighted by atomic mass is 9.88. The van der Waals surface area contributed by atoms with Crippen molar-refractivity contribution in [2.45, 2.75) is 52.4 Å². The van der Waals surface area contributed by atoms with Gasteiger partial charge in [-0.25, -0.2) is 0 Å². The molecule has 1 nitrogen and oxygen atoms in total. The van der Waals surface area contributed by atoms with Crippen LogP contribution in [0.4, 0.5) is 0 Å². The summed E-state index contributed by atoms with van der Waals surface area (Å²) in [7, 11) is 0. The molecule has 1 N–H and O–H groups in total. The van der Waals surface area contributed by atoms with Crippen molar-refractivity contribution in [1.82, 2.24) is 0 Å². The smallest absolute Gasteiger partial charge is 0.0820 e. The van der Waals surface area contributed by atoms with Crippen LogP contribution in [0.3, 0.4) is 0 Å². The zero-order chi connectivity index (χ0) is 9.40. The highest BCUT2D eigenvalue weighted by Crippen LogP contribution is 2.25. The molecule has 0 aromatic carbocycles. The van der Waals surface area contributed by atoms with Crippen LogP contribution in [0, 0.1) is 5.92 Å². The molecule has 0 aromatic rings. The predicted molar refractivity (Wildman–Crippen MR) is 54.3 cm³/mol. The molecular formula is C11H22O. The summed E-state index contributed by atoms with van der Waals surface area (Å²) in [6, 6.07) is 0. The monoisotopic (exact) mass is 170 g/mol. The Morgan fingerprint density at radius 2 is 1.75 bits per heavy atom. The Labute approximate surface area is 76.5 Å². The molecule has 1 saturated carbocycles. The molecule has 1 fully saturated rings. The third-order valence-corrected chi connectivity index (χ3v) is 2.30. The average Bonchev–Trinajstić information content (AvgIpc) is 2.05. The Kier molecular flexibility index (Phi) is 6.93. The fourth-order valence-corrected chi connectivity index (χ4v) is 1.60. The van der Waals surface area contributed by atoms with Gasteiger partial charge in [-0.05, 0) is 12.8 Å². The predicted octanol–water partition coefficient (Wildman–Crippen LogP) is 4.05. The molecular weight excluding hydrogens is 148 g/mol. The standard InChI is InChI=1S/C8H16.C3H6O/c1-2-8-6-4-3-5-7-8;1-3(2)4/h8H,2-7H2,1H3;4H,1H2,2H3. The zero-order valence-corrected chi connectivity index (χ0v) is 8.47. The quantitative estimate of drug-likeness (QED) is 0.588. The second kappa shape index (κ2) is 7.20. The highest BCUT2D eigenvalue weighted by Gasteiger charge is 2.09. The molecule has 1 rings (SSSR count). The molecule has 0 saturated heterocycles. The maximum absolute atomic E-state index is 7.86. The second-order valence-electron chi connectivity index (χ2n) is 3.65. The van der Waals surface area contributed by atoms with E-state index in [9.17, 15) is 0 Å². The Hall–Kier alpha value is -0.460. The maximum atomic E-state index is 7.86. The summed E-state index contributed by atoms with van der Waals surface area (Å²) >= 11 is 0. The SMILES string of the molecule is C=C(C)O.CCC1CCCCC1. The Morgan fingerprint density at radius 1 is 1.33 bits per heavy atom. The normalized spacial score (nSPS) is 17.8. The van der Waals surface area contributed by atoms with Crippen molar-refractivity contribution >= 4 is 0 Å². The van der Waals surface area contributed by atoms with Gasteiger partial charge in [-0.15, -0.1) is 0 Å². The van der Waals surface area contributed by atoms with Crippen LogP contribution < -0.4 is 0 Å². The Bertz CT molecular complexity index is 108. The van der Waals surface area contributed by atoms with Gasteiger partial charge in [-0.3, -0.25) is 0 Å². The lowest BCUT2D eigenvalue weighted by molar-refractivity contribution is 0.349. The van der Waals surface area contributed by atoms with E-state index in [0.29, 0.717) is 0 Å². The van der Waals surface area contributed by atoms with Crippen LogP contribution in [0.25, 0.3) is 0 Å². The number of aliphatic hydroxyl groups excluding tert-OH is 1. The minimum absolute atomic E-state index is 0.167. The zero-order valence-electron chi connectivity index (χ0n) is 8.47. The first-order valence-corrected chi connectivity index (χ1v) is 5.01. The lowest BCUT2D eigenvalue weighted by Crippen LogP contribution is -2.03. The van der Waals surface area contributed by atoms with Gasteiger partial charge >= 0.3 is 0 Å². The number of aliphatic hydroxyl groups is 1. The fourth-order valence-electron chi connectivity index (χ4n) is 1.60. The van der Waals surface area contributed by atoms with E-state index < -0.39 is 0 Å². The van der Waals surface area contributed by atoms with Gasteiger partial charge in [0.05, 0.1) is 5.76 Å². The summed E-state index contributed by atoms with van der Waals surface area (Å²) in [5.41, 5.74) is 0. The Balaban J connectivity index is 0.000000261. The third kappa shape index (κ3) is 7.64. The highest BCUT2D eigenvalue weighted by molar-refractivity contribution is 4.67. The summed E-state index contributed by atoms with van der Waals surface area (Å²) in [6.07, 6.45) is 8.93. The van der Waals surface area contributed by atoms with Gasteiger partial charge in [0.25, 0.3) is 0 Å². The van der Waals surface area contributed by atoms with E-state index in [2.05, 4.69) is 13.5 Å². The first kappa shape index (κ1) is 11.5. The maximum Gasteiger partial charge on any atom is 0.0820 e. The molecule has 0 unspecified atom stereocenters. The van der Waals surface area contributed by atoms with Gasteiger partial charge in [0.1, 0.15) is 0 Å². The molecule has 0 heterocycles. The molecule has 1 aliphatic rings. The van der Waals surface area contributed by atoms with Crippen LogP contribution in [0.1, 0.15) is 52.4 Å². The van der Waals surface area contributed by atoms with Crippen LogP contribution in [-0.2, 0) is 0 Å². The van der Waals surface area contributed by atoms with E-state index in [1.54, 1.807) is 0 Å². The van der Waals surface area contributed by atoms with Crippen LogP contribution in [0.15, 0.2) is 12.3 Å². The van der Waals surface area contributed by atoms with Gasteiger partial charge < -0.3 is 5.11 Å². The number of hydrogen-bond donors (Lipinski definition) is 1. The average molecular weight is 170 g/mol. The van der Waals surface area contributed by atoms with Crippen molar-refractivity contribution in [2.24, 2.45) is 5.92 Å². The van der Waals surface area contributed by atoms with E-state index in [1.165, 1.54) is 45.4 Å². The summed E-state index contributed by atoms with van der Waals surface area (Å²) in [6.45, 7) is 6.95. The molecule has 1 aliphatic carbocycles. The van der Waals surface area contributed by atoms with Crippen molar-refractivity contribution in [1.29, 1.82) is 0 Å². The second-order valence-corrected chi connectivity index (χ2v) is 3.65. The van der Waals surface area contributed by atoms with E-state index in [4.69, 9.17) is 5.11 Å². The minimum Gasteiger partial charge on any atom is -0.513 e. The number of hydrogen-bond acceptors (Lipinski definition) is 1. The van der Waals surface area contributed by atoms with Gasteiger partial charge in [0.2, 0.25) is 0 Å². The van der Waals surface area contributed by atoms with Crippen LogP contribution in [0.5, 0.6) is 0 Å². The number of allylic oxidation sites excluding steroid dienone is 1. The third-order valence-electron chi connectivity index (χ3n) is 2.30. The van der Waals surface area contributed by atoms with Gasteiger partial charge in [-0.1, -0.05) is 52.0 Å². The van der Waals surface area contributed by atoms with Crippen molar-refractivity contribution in [3.63, 3.8) is 0 Å². The van der Waals surface area contributed by atoms with E-state index in [0.717, 1.165) is 5.92 Å². The van der Waals surface area contributed by atoms with E-state index >= 15 is 0 Å². The molecule has 12 heavy (non-hydrogen) atoms. The van der Waals surface area contributed by atoms with Crippen molar-refractivity contribution < 1.29 is 5.11 Å². The Morgan fingerprint density at radius 3 is 2.00 bits per heavy atom. The van der Waals surface area contributed by atoms with Crippen LogP contribution in [0.2, 0.25) is 0 Å². The van der Waals surface area contributed by atoms with Crippen molar-refractivity contribution in [3.05, 3.63) is 12.3 Å². The molecule has 72 valence electrons. The van der Waals surface area contributed by atoms with Crippen LogP contribution >= 0.6 is 0 Å². The van der Waals surface area contributed by atoms with Gasteiger partial charge in [0, 0.05) is 0 Å². The lowest BCUT2D eigenvalue weighted by Gasteiger charge is -2.18. The van der Waals surface area contributed by atoms with Crippen molar-refractivity contribution in [3.8, 4) is 0 Å². The molecule has 0 bridgehead atoms. The fraction of sp³-hybridized carbons (Fsp3) is 0.818. The molecule has 0 aliphatic heterocycles. The topological polar surface area (TPSA) is 20.2 Å². The van der Waals surface area contributed by atoms with Gasteiger partial charge in [-0.2, -0.15) is 0 Å². The highest BCUT2D eigenvalue weighted by atomic mass is 16.3. The molecule has 0 amide bonds. The molecule has 1 heteroatoms. The molecule has 0 aromatic heterocycles. The van der Waals surface area contributed by atoms with E-state index in [-0.39, 0.29) is 5.76 Å².